The van der Waals surface area contributed by atoms with E-state index in [9.17, 15) is 5.11 Å². The summed E-state index contributed by atoms with van der Waals surface area (Å²) in [6.45, 7) is 0. The van der Waals surface area contributed by atoms with Crippen molar-refractivity contribution in [3.8, 4) is 0 Å². The third-order valence-electron chi connectivity index (χ3n) is 2.85. The second-order valence-corrected chi connectivity index (χ2v) is 5.01. The maximum Gasteiger partial charge on any atom is 0.0758 e. The predicted octanol–water partition coefficient (Wildman–Crippen LogP) is 3.38. The molecule has 0 aromatic heterocycles. The Morgan fingerprint density at radius 2 is 2.14 bits per heavy atom. The summed E-state index contributed by atoms with van der Waals surface area (Å²) in [6.07, 6.45) is 12.7. The third-order valence-corrected chi connectivity index (χ3v) is 3.49. The zero-order valence-corrected chi connectivity index (χ0v) is 9.98. The summed E-state index contributed by atoms with van der Waals surface area (Å²) in [5, 5.41) is 9.94. The Morgan fingerprint density at radius 1 is 1.36 bits per heavy atom. The fourth-order valence-corrected chi connectivity index (χ4v) is 2.39. The van der Waals surface area contributed by atoms with Crippen molar-refractivity contribution in [1.29, 1.82) is 0 Å². The van der Waals surface area contributed by atoms with Gasteiger partial charge in [-0.05, 0) is 49.7 Å². The smallest absolute Gasteiger partial charge is 0.0758 e. The molecule has 0 amide bonds. The molecule has 1 aliphatic rings. The highest BCUT2D eigenvalue weighted by Crippen LogP contribution is 2.21. The molecule has 1 rings (SSSR count). The van der Waals surface area contributed by atoms with Gasteiger partial charge in [-0.2, -0.15) is 11.8 Å². The van der Waals surface area contributed by atoms with E-state index in [0.717, 1.165) is 18.6 Å². The van der Waals surface area contributed by atoms with Crippen LogP contribution in [0.5, 0.6) is 0 Å². The first kappa shape index (κ1) is 12.1. The van der Waals surface area contributed by atoms with Gasteiger partial charge in [0.2, 0.25) is 0 Å². The average Bonchev–Trinajstić information content (AvgIpc) is 2.13. The SMILES string of the molecule is CSCCC(O)C1=CCCCCCC1. The van der Waals surface area contributed by atoms with Crippen LogP contribution < -0.4 is 0 Å². The van der Waals surface area contributed by atoms with E-state index in [0.29, 0.717) is 0 Å². The number of rotatable bonds is 4. The summed E-state index contributed by atoms with van der Waals surface area (Å²) < 4.78 is 0. The van der Waals surface area contributed by atoms with Crippen LogP contribution in [0.4, 0.5) is 0 Å². The molecule has 1 unspecified atom stereocenters. The molecule has 0 aliphatic heterocycles. The Labute approximate surface area is 92.0 Å². The van der Waals surface area contributed by atoms with Gasteiger partial charge in [-0.3, -0.25) is 0 Å². The van der Waals surface area contributed by atoms with E-state index in [-0.39, 0.29) is 6.10 Å². The van der Waals surface area contributed by atoms with Gasteiger partial charge in [0.05, 0.1) is 6.10 Å². The maximum atomic E-state index is 9.94. The fraction of sp³-hybridized carbons (Fsp3) is 0.833. The van der Waals surface area contributed by atoms with Gasteiger partial charge in [-0.1, -0.05) is 18.9 Å². The second kappa shape index (κ2) is 7.36. The minimum atomic E-state index is -0.166. The highest BCUT2D eigenvalue weighted by atomic mass is 32.2. The van der Waals surface area contributed by atoms with Crippen molar-refractivity contribution in [2.45, 2.75) is 51.0 Å². The minimum Gasteiger partial charge on any atom is -0.389 e. The molecule has 0 spiro atoms. The number of thioether (sulfide) groups is 1. The molecule has 1 aliphatic carbocycles. The molecule has 0 radical (unpaired) electrons. The Morgan fingerprint density at radius 3 is 2.93 bits per heavy atom. The molecule has 1 atom stereocenters. The monoisotopic (exact) mass is 214 g/mol. The predicted molar refractivity (Wildman–Crippen MR) is 64.8 cm³/mol. The summed E-state index contributed by atoms with van der Waals surface area (Å²) >= 11 is 1.82. The van der Waals surface area contributed by atoms with E-state index in [1.54, 1.807) is 0 Å². The van der Waals surface area contributed by atoms with E-state index >= 15 is 0 Å². The quantitative estimate of drug-likeness (QED) is 0.724. The van der Waals surface area contributed by atoms with Crippen LogP contribution in [0.1, 0.15) is 44.9 Å². The van der Waals surface area contributed by atoms with Gasteiger partial charge in [-0.15, -0.1) is 0 Å². The van der Waals surface area contributed by atoms with Crippen LogP contribution in [0.25, 0.3) is 0 Å². The standard InChI is InChI=1S/C12H22OS/c1-14-10-9-12(13)11-7-5-3-2-4-6-8-11/h7,12-13H,2-6,8-10H2,1H3. The van der Waals surface area contributed by atoms with Gasteiger partial charge in [0.1, 0.15) is 0 Å². The highest BCUT2D eigenvalue weighted by molar-refractivity contribution is 7.98. The largest absolute Gasteiger partial charge is 0.389 e. The molecule has 0 aromatic rings. The lowest BCUT2D eigenvalue weighted by atomic mass is 9.95. The van der Waals surface area contributed by atoms with Crippen molar-refractivity contribution in [3.63, 3.8) is 0 Å². The first-order valence-electron chi connectivity index (χ1n) is 5.70. The first-order chi connectivity index (χ1) is 6.84. The number of hydrogen-bond acceptors (Lipinski definition) is 2. The molecular formula is C12H22OS. The van der Waals surface area contributed by atoms with Crippen LogP contribution >= 0.6 is 11.8 Å². The highest BCUT2D eigenvalue weighted by Gasteiger charge is 2.11. The Hall–Kier alpha value is 0.0500. The average molecular weight is 214 g/mol. The summed E-state index contributed by atoms with van der Waals surface area (Å²) in [4.78, 5) is 0. The summed E-state index contributed by atoms with van der Waals surface area (Å²) in [5.74, 6) is 1.07. The molecule has 0 fully saturated rings. The lowest BCUT2D eigenvalue weighted by molar-refractivity contribution is 0.202. The van der Waals surface area contributed by atoms with Crippen LogP contribution in [-0.2, 0) is 0 Å². The number of aliphatic hydroxyl groups is 1. The molecule has 0 saturated heterocycles. The molecule has 1 N–H and O–H groups in total. The first-order valence-corrected chi connectivity index (χ1v) is 7.10. The van der Waals surface area contributed by atoms with Gasteiger partial charge in [0.25, 0.3) is 0 Å². The third kappa shape index (κ3) is 4.52. The van der Waals surface area contributed by atoms with E-state index in [4.69, 9.17) is 0 Å². The molecule has 14 heavy (non-hydrogen) atoms. The summed E-state index contributed by atoms with van der Waals surface area (Å²) in [6, 6.07) is 0. The van der Waals surface area contributed by atoms with Crippen LogP contribution in [0.15, 0.2) is 11.6 Å². The number of hydrogen-bond donors (Lipinski definition) is 1. The maximum absolute atomic E-state index is 9.94. The molecule has 2 heteroatoms. The minimum absolute atomic E-state index is 0.166. The van der Waals surface area contributed by atoms with Crippen molar-refractivity contribution in [2.75, 3.05) is 12.0 Å². The van der Waals surface area contributed by atoms with Gasteiger partial charge < -0.3 is 5.11 Å². The number of allylic oxidation sites excluding steroid dienone is 1. The molecule has 1 nitrogen and oxygen atoms in total. The van der Waals surface area contributed by atoms with Crippen molar-refractivity contribution in [1.82, 2.24) is 0 Å². The molecule has 0 aromatic carbocycles. The zero-order valence-electron chi connectivity index (χ0n) is 9.17. The van der Waals surface area contributed by atoms with Gasteiger partial charge in [-0.25, -0.2) is 0 Å². The van der Waals surface area contributed by atoms with Crippen molar-refractivity contribution in [3.05, 3.63) is 11.6 Å². The van der Waals surface area contributed by atoms with Gasteiger partial charge in [0, 0.05) is 0 Å². The summed E-state index contributed by atoms with van der Waals surface area (Å²) in [5.41, 5.74) is 1.30. The molecule has 0 heterocycles. The van der Waals surface area contributed by atoms with E-state index in [2.05, 4.69) is 12.3 Å². The second-order valence-electron chi connectivity index (χ2n) is 4.03. The van der Waals surface area contributed by atoms with Crippen LogP contribution in [0.3, 0.4) is 0 Å². The lowest BCUT2D eigenvalue weighted by Gasteiger charge is -2.16. The summed E-state index contributed by atoms with van der Waals surface area (Å²) in [7, 11) is 0. The number of aliphatic hydroxyl groups excluding tert-OH is 1. The molecule has 82 valence electrons. The van der Waals surface area contributed by atoms with E-state index < -0.39 is 0 Å². The lowest BCUT2D eigenvalue weighted by Crippen LogP contribution is -2.12. The topological polar surface area (TPSA) is 20.2 Å². The fourth-order valence-electron chi connectivity index (χ4n) is 1.93. The van der Waals surface area contributed by atoms with Crippen molar-refractivity contribution >= 4 is 11.8 Å². The molecule has 0 bridgehead atoms. The molecule has 0 saturated carbocycles. The Kier molecular flexibility index (Phi) is 6.37. The van der Waals surface area contributed by atoms with Crippen LogP contribution in [0.2, 0.25) is 0 Å². The van der Waals surface area contributed by atoms with E-state index in [1.165, 1.54) is 37.7 Å². The van der Waals surface area contributed by atoms with E-state index in [1.807, 2.05) is 11.8 Å². The Balaban J connectivity index is 2.37. The Bertz CT molecular complexity index is 177. The van der Waals surface area contributed by atoms with Gasteiger partial charge in [0.15, 0.2) is 0 Å². The van der Waals surface area contributed by atoms with Crippen LogP contribution in [-0.4, -0.2) is 23.2 Å². The zero-order chi connectivity index (χ0) is 10.2. The van der Waals surface area contributed by atoms with Crippen molar-refractivity contribution in [2.24, 2.45) is 0 Å². The van der Waals surface area contributed by atoms with Crippen molar-refractivity contribution < 1.29 is 5.11 Å². The van der Waals surface area contributed by atoms with Gasteiger partial charge >= 0.3 is 0 Å². The normalized spacial score (nSPS) is 20.9. The van der Waals surface area contributed by atoms with Crippen LogP contribution in [0, 0.1) is 0 Å². The molecular weight excluding hydrogens is 192 g/mol.